The Hall–Kier alpha value is -0.130. The molecule has 0 saturated carbocycles. The van der Waals surface area contributed by atoms with E-state index in [1.807, 2.05) is 20.8 Å². The molecule has 0 aromatic carbocycles. The van der Waals surface area contributed by atoms with Gasteiger partial charge in [-0.15, -0.1) is 0 Å². The maximum Gasteiger partial charge on any atom is 0.218 e. The first-order valence-corrected chi connectivity index (χ1v) is 8.64. The lowest BCUT2D eigenvalue weighted by Crippen LogP contribution is -2.49. The van der Waals surface area contributed by atoms with Crippen LogP contribution in [0.3, 0.4) is 0 Å². The number of nitrogens with zero attached hydrogens (tertiary/aromatic N) is 1. The fourth-order valence-corrected chi connectivity index (χ4v) is 4.28. The molecule has 1 rings (SSSR count). The summed E-state index contributed by atoms with van der Waals surface area (Å²) >= 11 is 0. The molecular weight excluding hydrogens is 248 g/mol. The number of nitrogens with one attached hydrogen (secondary N) is 1. The van der Waals surface area contributed by atoms with Gasteiger partial charge >= 0.3 is 0 Å². The van der Waals surface area contributed by atoms with E-state index in [2.05, 4.69) is 12.2 Å². The van der Waals surface area contributed by atoms with Gasteiger partial charge in [-0.25, -0.2) is 8.42 Å². The van der Waals surface area contributed by atoms with Gasteiger partial charge in [-0.3, -0.25) is 0 Å². The Balaban J connectivity index is 2.71. The summed E-state index contributed by atoms with van der Waals surface area (Å²) in [6, 6.07) is 0.538. The van der Waals surface area contributed by atoms with Gasteiger partial charge in [0.15, 0.2) is 0 Å². The topological polar surface area (TPSA) is 49.4 Å². The molecule has 0 bridgehead atoms. The van der Waals surface area contributed by atoms with E-state index in [1.165, 1.54) is 0 Å². The molecule has 0 aliphatic carbocycles. The predicted molar refractivity (Wildman–Crippen MR) is 76.2 cm³/mol. The molecule has 0 radical (unpaired) electrons. The Labute approximate surface area is 112 Å². The van der Waals surface area contributed by atoms with Crippen molar-refractivity contribution in [2.24, 2.45) is 0 Å². The predicted octanol–water partition coefficient (Wildman–Crippen LogP) is 1.97. The highest BCUT2D eigenvalue weighted by Crippen LogP contribution is 2.24. The number of hydrogen-bond acceptors (Lipinski definition) is 3. The molecule has 1 fully saturated rings. The lowest BCUT2D eigenvalue weighted by Gasteiger charge is -2.36. The molecule has 0 spiro atoms. The second-order valence-electron chi connectivity index (χ2n) is 5.59. The van der Waals surface area contributed by atoms with E-state index in [-0.39, 0.29) is 11.3 Å². The first kappa shape index (κ1) is 15.9. The largest absolute Gasteiger partial charge is 0.313 e. The minimum Gasteiger partial charge on any atom is -0.313 e. The van der Waals surface area contributed by atoms with Crippen LogP contribution < -0.4 is 5.32 Å². The van der Waals surface area contributed by atoms with Crippen LogP contribution >= 0.6 is 0 Å². The third kappa shape index (κ3) is 3.93. The Morgan fingerprint density at radius 3 is 2.50 bits per heavy atom. The van der Waals surface area contributed by atoms with Crippen LogP contribution in [0.4, 0.5) is 0 Å². The zero-order valence-corrected chi connectivity index (χ0v) is 13.0. The Morgan fingerprint density at radius 1 is 1.28 bits per heavy atom. The summed E-state index contributed by atoms with van der Waals surface area (Å²) in [5.41, 5.74) is 0. The third-order valence-electron chi connectivity index (χ3n) is 3.69. The number of hydrogen-bond donors (Lipinski definition) is 1. The molecule has 1 N–H and O–H groups in total. The minimum absolute atomic E-state index is 0.213. The van der Waals surface area contributed by atoms with Crippen LogP contribution in [0.5, 0.6) is 0 Å². The van der Waals surface area contributed by atoms with Crippen molar-refractivity contribution in [3.8, 4) is 0 Å². The van der Waals surface area contributed by atoms with Crippen LogP contribution in [0.25, 0.3) is 0 Å². The van der Waals surface area contributed by atoms with E-state index in [0.29, 0.717) is 19.1 Å². The molecule has 1 heterocycles. The standard InChI is InChI=1S/C13H28N2O2S/c1-5-13-8-6-7-9-15(13)18(16,17)12(4)10-14-11(2)3/h11-14H,5-10H2,1-4H3. The number of sulfonamides is 1. The molecule has 0 amide bonds. The molecular formula is C13H28N2O2S. The summed E-state index contributed by atoms with van der Waals surface area (Å²) in [6.07, 6.45) is 4.09. The first-order valence-electron chi connectivity index (χ1n) is 7.13. The van der Waals surface area contributed by atoms with Gasteiger partial charge < -0.3 is 5.32 Å². The summed E-state index contributed by atoms with van der Waals surface area (Å²) in [4.78, 5) is 0. The van der Waals surface area contributed by atoms with Crippen LogP contribution in [0, 0.1) is 0 Å². The molecule has 2 unspecified atom stereocenters. The highest BCUT2D eigenvalue weighted by atomic mass is 32.2. The van der Waals surface area contributed by atoms with Gasteiger partial charge in [0.1, 0.15) is 0 Å². The Kier molecular flexibility index (Phi) is 6.08. The molecule has 4 nitrogen and oxygen atoms in total. The van der Waals surface area contributed by atoms with Gasteiger partial charge in [0.2, 0.25) is 10.0 Å². The summed E-state index contributed by atoms with van der Waals surface area (Å²) in [5, 5.41) is 2.88. The van der Waals surface area contributed by atoms with Crippen molar-refractivity contribution in [3.05, 3.63) is 0 Å². The molecule has 1 aliphatic heterocycles. The van der Waals surface area contributed by atoms with E-state index in [0.717, 1.165) is 25.7 Å². The maximum atomic E-state index is 12.6. The van der Waals surface area contributed by atoms with Gasteiger partial charge in [0.05, 0.1) is 5.25 Å². The monoisotopic (exact) mass is 276 g/mol. The van der Waals surface area contributed by atoms with Gasteiger partial charge in [0, 0.05) is 25.2 Å². The Morgan fingerprint density at radius 2 is 1.94 bits per heavy atom. The van der Waals surface area contributed by atoms with Crippen molar-refractivity contribution < 1.29 is 8.42 Å². The van der Waals surface area contributed by atoms with Gasteiger partial charge in [-0.1, -0.05) is 27.2 Å². The smallest absolute Gasteiger partial charge is 0.218 e. The summed E-state index contributed by atoms with van der Waals surface area (Å²) in [5.74, 6) is 0. The van der Waals surface area contributed by atoms with E-state index >= 15 is 0 Å². The van der Waals surface area contributed by atoms with E-state index in [1.54, 1.807) is 4.31 Å². The first-order chi connectivity index (χ1) is 8.39. The molecule has 5 heteroatoms. The van der Waals surface area contributed by atoms with Gasteiger partial charge in [-0.2, -0.15) is 4.31 Å². The highest BCUT2D eigenvalue weighted by molar-refractivity contribution is 7.89. The second-order valence-corrected chi connectivity index (χ2v) is 7.89. The minimum atomic E-state index is -3.15. The summed E-state index contributed by atoms with van der Waals surface area (Å²) in [7, 11) is -3.15. The van der Waals surface area contributed by atoms with Crippen molar-refractivity contribution in [1.82, 2.24) is 9.62 Å². The zero-order valence-electron chi connectivity index (χ0n) is 12.1. The van der Waals surface area contributed by atoms with Crippen LogP contribution in [0.2, 0.25) is 0 Å². The van der Waals surface area contributed by atoms with Crippen molar-refractivity contribution in [1.29, 1.82) is 0 Å². The van der Waals surface area contributed by atoms with Crippen molar-refractivity contribution in [2.75, 3.05) is 13.1 Å². The quantitative estimate of drug-likeness (QED) is 0.807. The second kappa shape index (κ2) is 6.87. The van der Waals surface area contributed by atoms with E-state index in [4.69, 9.17) is 0 Å². The summed E-state index contributed by atoms with van der Waals surface area (Å²) in [6.45, 7) is 9.20. The summed E-state index contributed by atoms with van der Waals surface area (Å²) < 4.78 is 26.9. The van der Waals surface area contributed by atoms with Crippen LogP contribution in [0.15, 0.2) is 0 Å². The maximum absolute atomic E-state index is 12.6. The van der Waals surface area contributed by atoms with Crippen molar-refractivity contribution in [3.63, 3.8) is 0 Å². The van der Waals surface area contributed by atoms with Crippen molar-refractivity contribution in [2.45, 2.75) is 70.7 Å². The lowest BCUT2D eigenvalue weighted by molar-refractivity contribution is 0.244. The molecule has 2 atom stereocenters. The molecule has 0 aromatic heterocycles. The normalized spacial score (nSPS) is 24.4. The van der Waals surface area contributed by atoms with Gasteiger partial charge in [-0.05, 0) is 26.2 Å². The average molecular weight is 276 g/mol. The molecule has 1 aliphatic rings. The molecule has 0 aromatic rings. The highest BCUT2D eigenvalue weighted by Gasteiger charge is 2.34. The van der Waals surface area contributed by atoms with Crippen LogP contribution in [-0.4, -0.2) is 43.1 Å². The molecule has 1 saturated heterocycles. The SMILES string of the molecule is CCC1CCCCN1S(=O)(=O)C(C)CNC(C)C. The van der Waals surface area contributed by atoms with Crippen molar-refractivity contribution >= 4 is 10.0 Å². The van der Waals surface area contributed by atoms with Crippen LogP contribution in [0.1, 0.15) is 53.4 Å². The average Bonchev–Trinajstić information content (AvgIpc) is 2.35. The zero-order chi connectivity index (χ0) is 13.8. The number of piperidine rings is 1. The molecule has 108 valence electrons. The lowest BCUT2D eigenvalue weighted by atomic mass is 10.0. The third-order valence-corrected chi connectivity index (χ3v) is 6.01. The van der Waals surface area contributed by atoms with Crippen LogP contribution in [-0.2, 0) is 10.0 Å². The molecule has 18 heavy (non-hydrogen) atoms. The Bertz CT molecular complexity index is 341. The van der Waals surface area contributed by atoms with Gasteiger partial charge in [0.25, 0.3) is 0 Å². The fraction of sp³-hybridized carbons (Fsp3) is 1.00. The van der Waals surface area contributed by atoms with E-state index in [9.17, 15) is 8.42 Å². The van der Waals surface area contributed by atoms with E-state index < -0.39 is 10.0 Å². The fourth-order valence-electron chi connectivity index (χ4n) is 2.46. The number of rotatable bonds is 6.